The summed E-state index contributed by atoms with van der Waals surface area (Å²) in [6.45, 7) is 0. The fourth-order valence-corrected chi connectivity index (χ4v) is 5.19. The first-order chi connectivity index (χ1) is 9.24. The van der Waals surface area contributed by atoms with Crippen molar-refractivity contribution in [3.63, 3.8) is 0 Å². The molecule has 0 heterocycles. The molecule has 0 aliphatic heterocycles. The van der Waals surface area contributed by atoms with Gasteiger partial charge in [-0.05, 0) is 53.4 Å². The molecular weight excluding hydrogens is 414 g/mol. The fraction of sp³-hybridized carbons (Fsp3) is 0.417. The van der Waals surface area contributed by atoms with Gasteiger partial charge in [-0.1, -0.05) is 15.9 Å². The van der Waals surface area contributed by atoms with E-state index in [-0.39, 0.29) is 11.3 Å². The van der Waals surface area contributed by atoms with Crippen LogP contribution in [0.4, 0.5) is 0 Å². The molecule has 0 radical (unpaired) electrons. The highest BCUT2D eigenvalue weighted by atomic mass is 79.9. The van der Waals surface area contributed by atoms with Crippen LogP contribution < -0.4 is 4.72 Å². The summed E-state index contributed by atoms with van der Waals surface area (Å²) in [6.07, 6.45) is 1.72. The van der Waals surface area contributed by atoms with Crippen molar-refractivity contribution in [2.24, 2.45) is 0 Å². The first-order valence-electron chi connectivity index (χ1n) is 5.95. The van der Waals surface area contributed by atoms with Crippen molar-refractivity contribution in [3.8, 4) is 0 Å². The molecule has 110 valence electrons. The summed E-state index contributed by atoms with van der Waals surface area (Å²) in [6, 6.07) is 4.84. The van der Waals surface area contributed by atoms with Crippen LogP contribution in [0.1, 0.15) is 25.7 Å². The standard InChI is InChI=1S/C12H13Br2NO4S/c13-8-2-3-9(14)10(6-8)20(18,19)15-12(4-1-5-12)7-11(16)17/h2-3,6,15H,1,4-5,7H2,(H,16,17). The van der Waals surface area contributed by atoms with E-state index in [0.717, 1.165) is 6.42 Å². The summed E-state index contributed by atoms with van der Waals surface area (Å²) < 4.78 is 28.5. The van der Waals surface area contributed by atoms with Crippen LogP contribution in [0.2, 0.25) is 0 Å². The van der Waals surface area contributed by atoms with Gasteiger partial charge in [0.2, 0.25) is 10.0 Å². The maximum absolute atomic E-state index is 12.4. The van der Waals surface area contributed by atoms with Crippen LogP contribution in [-0.2, 0) is 14.8 Å². The maximum atomic E-state index is 12.4. The molecule has 0 spiro atoms. The van der Waals surface area contributed by atoms with Gasteiger partial charge in [0.25, 0.3) is 0 Å². The average Bonchev–Trinajstić information content (AvgIpc) is 2.28. The molecule has 8 heteroatoms. The highest BCUT2D eigenvalue weighted by Gasteiger charge is 2.42. The summed E-state index contributed by atoms with van der Waals surface area (Å²) in [4.78, 5) is 11.0. The number of rotatable bonds is 5. The second kappa shape index (κ2) is 5.75. The lowest BCUT2D eigenvalue weighted by Crippen LogP contribution is -2.54. The van der Waals surface area contributed by atoms with Crippen LogP contribution in [0.3, 0.4) is 0 Å². The lowest BCUT2D eigenvalue weighted by atomic mass is 9.75. The minimum Gasteiger partial charge on any atom is -0.481 e. The van der Waals surface area contributed by atoms with E-state index in [9.17, 15) is 13.2 Å². The minimum absolute atomic E-state index is 0.100. The third kappa shape index (κ3) is 3.41. The molecule has 1 fully saturated rings. The quantitative estimate of drug-likeness (QED) is 0.758. The van der Waals surface area contributed by atoms with Crippen molar-refractivity contribution in [2.45, 2.75) is 36.1 Å². The Bertz CT molecular complexity index is 641. The number of hydrogen-bond acceptors (Lipinski definition) is 3. The van der Waals surface area contributed by atoms with Gasteiger partial charge in [0, 0.05) is 14.5 Å². The first kappa shape index (κ1) is 15.9. The van der Waals surface area contributed by atoms with Crippen LogP contribution in [0, 0.1) is 0 Å². The molecule has 20 heavy (non-hydrogen) atoms. The highest BCUT2D eigenvalue weighted by molar-refractivity contribution is 9.11. The number of carboxylic acids is 1. The molecule has 0 atom stereocenters. The monoisotopic (exact) mass is 425 g/mol. The van der Waals surface area contributed by atoms with E-state index in [1.54, 1.807) is 12.1 Å². The van der Waals surface area contributed by atoms with Crippen molar-refractivity contribution >= 4 is 47.9 Å². The van der Waals surface area contributed by atoms with E-state index in [1.165, 1.54) is 6.07 Å². The SMILES string of the molecule is O=C(O)CC1(NS(=O)(=O)c2cc(Br)ccc2Br)CCC1. The molecule has 0 saturated heterocycles. The molecule has 0 amide bonds. The molecule has 5 nitrogen and oxygen atoms in total. The molecule has 2 rings (SSSR count). The summed E-state index contributed by atoms with van der Waals surface area (Å²) >= 11 is 6.44. The third-order valence-electron chi connectivity index (χ3n) is 3.33. The van der Waals surface area contributed by atoms with Crippen LogP contribution in [-0.4, -0.2) is 25.0 Å². The van der Waals surface area contributed by atoms with E-state index < -0.39 is 21.5 Å². The zero-order valence-corrected chi connectivity index (χ0v) is 14.4. The van der Waals surface area contributed by atoms with E-state index in [1.807, 2.05) is 0 Å². The van der Waals surface area contributed by atoms with Gasteiger partial charge in [-0.25, -0.2) is 13.1 Å². The van der Waals surface area contributed by atoms with Gasteiger partial charge in [0.1, 0.15) is 0 Å². The predicted octanol–water partition coefficient (Wildman–Crippen LogP) is 2.89. The Balaban J connectivity index is 2.31. The Morgan fingerprint density at radius 3 is 2.50 bits per heavy atom. The number of carbonyl (C=O) groups is 1. The zero-order chi connectivity index (χ0) is 15.0. The Labute approximate surface area is 134 Å². The molecule has 0 unspecified atom stereocenters. The molecule has 1 aliphatic rings. The Morgan fingerprint density at radius 2 is 2.00 bits per heavy atom. The minimum atomic E-state index is -3.77. The van der Waals surface area contributed by atoms with Crippen LogP contribution in [0.15, 0.2) is 32.0 Å². The topological polar surface area (TPSA) is 83.5 Å². The molecule has 1 aromatic carbocycles. The Hall–Kier alpha value is -0.440. The number of aliphatic carboxylic acids is 1. The van der Waals surface area contributed by atoms with Gasteiger partial charge in [0.15, 0.2) is 0 Å². The smallest absolute Gasteiger partial charge is 0.305 e. The fourth-order valence-electron chi connectivity index (χ4n) is 2.23. The van der Waals surface area contributed by atoms with Crippen molar-refractivity contribution in [3.05, 3.63) is 27.1 Å². The van der Waals surface area contributed by atoms with Crippen molar-refractivity contribution < 1.29 is 18.3 Å². The van der Waals surface area contributed by atoms with E-state index >= 15 is 0 Å². The van der Waals surface area contributed by atoms with Gasteiger partial charge in [-0.3, -0.25) is 4.79 Å². The molecule has 1 saturated carbocycles. The van der Waals surface area contributed by atoms with Crippen molar-refractivity contribution in [2.75, 3.05) is 0 Å². The summed E-state index contributed by atoms with van der Waals surface area (Å²) in [5.74, 6) is -0.999. The third-order valence-corrected chi connectivity index (χ3v) is 6.40. The van der Waals surface area contributed by atoms with E-state index in [2.05, 4.69) is 36.6 Å². The molecule has 0 bridgehead atoms. The highest BCUT2D eigenvalue weighted by Crippen LogP contribution is 2.37. The van der Waals surface area contributed by atoms with Crippen molar-refractivity contribution in [1.29, 1.82) is 0 Å². The summed E-state index contributed by atoms with van der Waals surface area (Å²) in [7, 11) is -3.77. The van der Waals surface area contributed by atoms with Gasteiger partial charge in [-0.2, -0.15) is 0 Å². The van der Waals surface area contributed by atoms with E-state index in [4.69, 9.17) is 5.11 Å². The van der Waals surface area contributed by atoms with Crippen molar-refractivity contribution in [1.82, 2.24) is 4.72 Å². The van der Waals surface area contributed by atoms with E-state index in [0.29, 0.717) is 21.8 Å². The largest absolute Gasteiger partial charge is 0.481 e. The average molecular weight is 427 g/mol. The number of carboxylic acid groups (broad SMARTS) is 1. The number of halogens is 2. The zero-order valence-electron chi connectivity index (χ0n) is 10.4. The second-order valence-electron chi connectivity index (χ2n) is 4.88. The van der Waals surface area contributed by atoms with Crippen LogP contribution >= 0.6 is 31.9 Å². The van der Waals surface area contributed by atoms with Gasteiger partial charge in [-0.15, -0.1) is 0 Å². The summed E-state index contributed by atoms with van der Waals surface area (Å²) in [5, 5.41) is 8.93. The molecule has 1 aromatic rings. The second-order valence-corrected chi connectivity index (χ2v) is 8.31. The van der Waals surface area contributed by atoms with Crippen LogP contribution in [0.25, 0.3) is 0 Å². The predicted molar refractivity (Wildman–Crippen MR) is 81.0 cm³/mol. The normalized spacial score (nSPS) is 17.5. The first-order valence-corrected chi connectivity index (χ1v) is 9.02. The molecule has 2 N–H and O–H groups in total. The van der Waals surface area contributed by atoms with Gasteiger partial charge >= 0.3 is 5.97 Å². The number of sulfonamides is 1. The van der Waals surface area contributed by atoms with Gasteiger partial charge < -0.3 is 5.11 Å². The molecule has 1 aliphatic carbocycles. The Kier molecular flexibility index (Phi) is 4.58. The number of benzene rings is 1. The molecule has 0 aromatic heterocycles. The summed E-state index contributed by atoms with van der Waals surface area (Å²) in [5.41, 5.74) is -0.855. The Morgan fingerprint density at radius 1 is 1.35 bits per heavy atom. The number of hydrogen-bond donors (Lipinski definition) is 2. The molecular formula is C12H13Br2NO4S. The number of nitrogens with one attached hydrogen (secondary N) is 1. The lowest BCUT2D eigenvalue weighted by molar-refractivity contribution is -0.139. The lowest BCUT2D eigenvalue weighted by Gasteiger charge is -2.41. The van der Waals surface area contributed by atoms with Crippen LogP contribution in [0.5, 0.6) is 0 Å². The maximum Gasteiger partial charge on any atom is 0.305 e. The van der Waals surface area contributed by atoms with Gasteiger partial charge in [0.05, 0.1) is 11.3 Å².